The lowest BCUT2D eigenvalue weighted by molar-refractivity contribution is 0.603. The molecule has 0 aliphatic heterocycles. The summed E-state index contributed by atoms with van der Waals surface area (Å²) in [7, 11) is 0. The molecular formula is C34H30S6. The predicted octanol–water partition coefficient (Wildman–Crippen LogP) is 13.6. The smallest absolute Gasteiger partial charge is 0.0455 e. The van der Waals surface area contributed by atoms with Gasteiger partial charge in [0.1, 0.15) is 0 Å². The lowest BCUT2D eigenvalue weighted by Gasteiger charge is -2.15. The van der Waals surface area contributed by atoms with E-state index in [0.29, 0.717) is 0 Å². The zero-order valence-electron chi connectivity index (χ0n) is 23.4. The molecule has 6 aromatic heterocycles. The van der Waals surface area contributed by atoms with Crippen LogP contribution in [-0.4, -0.2) is 0 Å². The molecule has 0 saturated heterocycles. The minimum atomic E-state index is 0.164. The highest BCUT2D eigenvalue weighted by molar-refractivity contribution is 7.29. The average molecular weight is 631 g/mol. The van der Waals surface area contributed by atoms with Crippen LogP contribution in [0.4, 0.5) is 0 Å². The third-order valence-electron chi connectivity index (χ3n) is 7.17. The van der Waals surface area contributed by atoms with Gasteiger partial charge in [-0.3, -0.25) is 0 Å². The van der Waals surface area contributed by atoms with E-state index in [1.165, 1.54) is 70.3 Å². The van der Waals surface area contributed by atoms with Crippen LogP contribution in [0.25, 0.3) is 60.6 Å². The third-order valence-corrected chi connectivity index (χ3v) is 14.7. The molecule has 202 valence electrons. The molecule has 0 aliphatic carbocycles. The van der Waals surface area contributed by atoms with E-state index in [4.69, 9.17) is 0 Å². The van der Waals surface area contributed by atoms with Crippen molar-refractivity contribution in [2.45, 2.75) is 52.4 Å². The Labute approximate surface area is 260 Å². The Hall–Kier alpha value is -2.06. The van der Waals surface area contributed by atoms with E-state index in [1.54, 1.807) is 0 Å². The summed E-state index contributed by atoms with van der Waals surface area (Å²) in [5.74, 6) is 0. The Balaban J connectivity index is 1.53. The summed E-state index contributed by atoms with van der Waals surface area (Å²) in [6.45, 7) is 13.8. The van der Waals surface area contributed by atoms with Crippen LogP contribution in [0.1, 0.15) is 51.3 Å². The van der Waals surface area contributed by atoms with Gasteiger partial charge in [0.05, 0.1) is 0 Å². The summed E-state index contributed by atoms with van der Waals surface area (Å²) < 4.78 is 2.81. The van der Waals surface area contributed by atoms with Crippen LogP contribution in [0.5, 0.6) is 0 Å². The largest absolute Gasteiger partial charge is 0.144 e. The molecule has 0 unspecified atom stereocenters. The SMILES string of the molecule is CC(C)(C)c1ccc(-c2cc3c(-c4cccs4)c4sc(-c5ccc(C(C)(C)C)s5)cc4c(-c4cccs4)c3s2)s1. The standard InChI is InChI=1S/C34H30S6/c1-33(2,3)27-13-11-21(37-27)25-17-19-29(23-9-7-15-35-23)32-20(30(31(19)39-25)24-10-8-16-36-24)18-26(40-32)22-12-14-28(38-22)34(4,5)6/h7-18H,1-6H3. The molecule has 0 bridgehead atoms. The van der Waals surface area contributed by atoms with Crippen LogP contribution in [0.2, 0.25) is 0 Å². The van der Waals surface area contributed by atoms with Gasteiger partial charge in [-0.05, 0) is 70.1 Å². The fraction of sp³-hybridized carbons (Fsp3) is 0.235. The number of fused-ring (bicyclic) bond motifs is 2. The van der Waals surface area contributed by atoms with E-state index in [-0.39, 0.29) is 10.8 Å². The summed E-state index contributed by atoms with van der Waals surface area (Å²) in [5.41, 5.74) is 3.13. The van der Waals surface area contributed by atoms with Crippen LogP contribution >= 0.6 is 68.0 Å². The molecule has 0 atom stereocenters. The van der Waals surface area contributed by atoms with E-state index in [2.05, 4.69) is 113 Å². The molecule has 1 aromatic carbocycles. The monoisotopic (exact) mass is 630 g/mol. The first kappa shape index (κ1) is 26.8. The molecule has 0 spiro atoms. The predicted molar refractivity (Wildman–Crippen MR) is 188 cm³/mol. The second kappa shape index (κ2) is 9.75. The van der Waals surface area contributed by atoms with Crippen molar-refractivity contribution in [3.05, 3.63) is 81.2 Å². The van der Waals surface area contributed by atoms with Crippen molar-refractivity contribution in [1.29, 1.82) is 0 Å². The van der Waals surface area contributed by atoms with Crippen molar-refractivity contribution >= 4 is 88.2 Å². The van der Waals surface area contributed by atoms with E-state index in [1.807, 2.05) is 68.0 Å². The van der Waals surface area contributed by atoms with Gasteiger partial charge in [-0.1, -0.05) is 53.7 Å². The van der Waals surface area contributed by atoms with Crippen LogP contribution in [-0.2, 0) is 10.8 Å². The number of thiophene rings is 6. The number of benzene rings is 1. The van der Waals surface area contributed by atoms with Gasteiger partial charge in [-0.2, -0.15) is 0 Å². The maximum absolute atomic E-state index is 2.48. The molecule has 0 nitrogen and oxygen atoms in total. The number of hydrogen-bond donors (Lipinski definition) is 0. The second-order valence-electron chi connectivity index (χ2n) is 12.2. The average Bonchev–Trinajstić information content (AvgIpc) is 3.73. The summed E-state index contributed by atoms with van der Waals surface area (Å²) in [6.07, 6.45) is 0. The summed E-state index contributed by atoms with van der Waals surface area (Å²) in [4.78, 5) is 11.1. The molecule has 0 radical (unpaired) electrons. The Bertz CT molecular complexity index is 1750. The van der Waals surface area contributed by atoms with Gasteiger partial charge >= 0.3 is 0 Å². The van der Waals surface area contributed by atoms with Gasteiger partial charge in [0.15, 0.2) is 0 Å². The molecule has 0 N–H and O–H groups in total. The van der Waals surface area contributed by atoms with Gasteiger partial charge in [-0.15, -0.1) is 68.0 Å². The van der Waals surface area contributed by atoms with Crippen LogP contribution in [0.15, 0.2) is 71.4 Å². The van der Waals surface area contributed by atoms with Crippen molar-refractivity contribution in [2.75, 3.05) is 0 Å². The molecule has 40 heavy (non-hydrogen) atoms. The Morgan fingerprint density at radius 3 is 1.20 bits per heavy atom. The summed E-state index contributed by atoms with van der Waals surface area (Å²) in [6, 6.07) is 23.2. The van der Waals surface area contributed by atoms with Crippen LogP contribution in [0, 0.1) is 0 Å². The van der Waals surface area contributed by atoms with Crippen molar-refractivity contribution in [2.24, 2.45) is 0 Å². The van der Waals surface area contributed by atoms with E-state index in [0.717, 1.165) is 0 Å². The zero-order chi connectivity index (χ0) is 27.8. The minimum absolute atomic E-state index is 0.164. The van der Waals surface area contributed by atoms with Gasteiger partial charge in [0.25, 0.3) is 0 Å². The van der Waals surface area contributed by atoms with Gasteiger partial charge in [0.2, 0.25) is 0 Å². The first-order valence-corrected chi connectivity index (χ1v) is 18.4. The molecule has 6 heterocycles. The second-order valence-corrected chi connectivity index (χ2v) is 18.4. The molecular weight excluding hydrogens is 601 g/mol. The molecule has 0 saturated carbocycles. The fourth-order valence-electron chi connectivity index (χ4n) is 5.09. The summed E-state index contributed by atoms with van der Waals surface area (Å²) >= 11 is 11.5. The van der Waals surface area contributed by atoms with Crippen molar-refractivity contribution in [3.63, 3.8) is 0 Å². The normalized spacial score (nSPS) is 12.8. The highest BCUT2D eigenvalue weighted by Crippen LogP contribution is 2.54. The molecule has 6 heteroatoms. The third kappa shape index (κ3) is 4.57. The van der Waals surface area contributed by atoms with Gasteiger partial charge < -0.3 is 0 Å². The van der Waals surface area contributed by atoms with Crippen molar-refractivity contribution in [1.82, 2.24) is 0 Å². The quantitative estimate of drug-likeness (QED) is 0.181. The van der Waals surface area contributed by atoms with Crippen LogP contribution in [0.3, 0.4) is 0 Å². The Kier molecular flexibility index (Phi) is 6.54. The highest BCUT2D eigenvalue weighted by atomic mass is 32.1. The van der Waals surface area contributed by atoms with Gasteiger partial charge in [-0.25, -0.2) is 0 Å². The molecule has 7 rings (SSSR count). The van der Waals surface area contributed by atoms with E-state index >= 15 is 0 Å². The number of rotatable bonds is 4. The van der Waals surface area contributed by atoms with Gasteiger partial charge in [0, 0.05) is 70.3 Å². The minimum Gasteiger partial charge on any atom is -0.144 e. The highest BCUT2D eigenvalue weighted by Gasteiger charge is 2.25. The van der Waals surface area contributed by atoms with Crippen molar-refractivity contribution in [3.8, 4) is 40.4 Å². The van der Waals surface area contributed by atoms with E-state index < -0.39 is 0 Å². The maximum Gasteiger partial charge on any atom is 0.0455 e. The molecule has 0 aliphatic rings. The first-order chi connectivity index (χ1) is 19.1. The van der Waals surface area contributed by atoms with E-state index in [9.17, 15) is 0 Å². The fourth-order valence-corrected chi connectivity index (χ4v) is 11.6. The van der Waals surface area contributed by atoms with Crippen LogP contribution < -0.4 is 0 Å². The maximum atomic E-state index is 2.48. The van der Waals surface area contributed by atoms with Crippen molar-refractivity contribution < 1.29 is 0 Å². The number of hydrogen-bond acceptors (Lipinski definition) is 6. The Morgan fingerprint density at radius 1 is 0.450 bits per heavy atom. The first-order valence-electron chi connectivity index (χ1n) is 13.4. The summed E-state index contributed by atoms with van der Waals surface area (Å²) in [5, 5.41) is 7.20. The topological polar surface area (TPSA) is 0 Å². The molecule has 0 amide bonds. The molecule has 0 fully saturated rings. The lowest BCUT2D eigenvalue weighted by atomic mass is 9.95. The zero-order valence-corrected chi connectivity index (χ0v) is 28.3. The Morgan fingerprint density at radius 2 is 0.875 bits per heavy atom. The lowest BCUT2D eigenvalue weighted by Crippen LogP contribution is -2.07. The molecule has 7 aromatic rings.